The van der Waals surface area contributed by atoms with Crippen molar-refractivity contribution in [3.63, 3.8) is 0 Å². The van der Waals surface area contributed by atoms with E-state index in [1.807, 2.05) is 13.8 Å². The first-order valence-corrected chi connectivity index (χ1v) is 7.40. The molecule has 0 aliphatic heterocycles. The minimum Gasteiger partial charge on any atom is -0.362 e. The van der Waals surface area contributed by atoms with Crippen LogP contribution in [0.25, 0.3) is 0 Å². The third-order valence-electron chi connectivity index (χ3n) is 3.33. The predicted octanol–water partition coefficient (Wildman–Crippen LogP) is 2.35. The zero-order chi connectivity index (χ0) is 17.5. The van der Waals surface area contributed by atoms with Crippen molar-refractivity contribution >= 4 is 23.2 Å². The Morgan fingerprint density at radius 1 is 1.25 bits per heavy atom. The molecule has 0 bridgehead atoms. The molecule has 9 nitrogen and oxygen atoms in total. The number of nitrogens with one attached hydrogen (secondary N) is 3. The third-order valence-corrected chi connectivity index (χ3v) is 3.33. The molecule has 1 aromatic carbocycles. The van der Waals surface area contributed by atoms with E-state index in [0.29, 0.717) is 5.56 Å². The molecular formula is C15H18N6O3. The van der Waals surface area contributed by atoms with Crippen LogP contribution in [0.1, 0.15) is 30.6 Å². The number of amides is 1. The van der Waals surface area contributed by atoms with Crippen LogP contribution in [0.5, 0.6) is 0 Å². The van der Waals surface area contributed by atoms with Crippen molar-refractivity contribution in [1.82, 2.24) is 15.4 Å². The predicted molar refractivity (Wildman–Crippen MR) is 89.6 cm³/mol. The van der Waals surface area contributed by atoms with Gasteiger partial charge in [0.1, 0.15) is 6.33 Å². The smallest absolute Gasteiger partial charge is 0.354 e. The van der Waals surface area contributed by atoms with Crippen molar-refractivity contribution < 1.29 is 9.72 Å². The summed E-state index contributed by atoms with van der Waals surface area (Å²) in [6.45, 7) is 3.83. The van der Waals surface area contributed by atoms with Gasteiger partial charge in [0, 0.05) is 11.6 Å². The van der Waals surface area contributed by atoms with Crippen LogP contribution in [0.2, 0.25) is 0 Å². The fourth-order valence-corrected chi connectivity index (χ4v) is 1.86. The zero-order valence-corrected chi connectivity index (χ0v) is 13.3. The second-order valence-electron chi connectivity index (χ2n) is 5.08. The maximum absolute atomic E-state index is 12.0. The van der Waals surface area contributed by atoms with E-state index in [9.17, 15) is 14.9 Å². The van der Waals surface area contributed by atoms with Crippen molar-refractivity contribution in [2.24, 2.45) is 0 Å². The molecule has 0 fully saturated rings. The van der Waals surface area contributed by atoms with Gasteiger partial charge in [-0.25, -0.2) is 9.97 Å². The number of benzene rings is 1. The number of anilines is 2. The second-order valence-corrected chi connectivity index (χ2v) is 5.08. The Balaban J connectivity index is 2.19. The van der Waals surface area contributed by atoms with Gasteiger partial charge in [-0.05, 0) is 25.5 Å². The van der Waals surface area contributed by atoms with Crippen LogP contribution >= 0.6 is 0 Å². The van der Waals surface area contributed by atoms with Gasteiger partial charge in [0.25, 0.3) is 5.91 Å². The van der Waals surface area contributed by atoms with Crippen LogP contribution in [0.15, 0.2) is 36.7 Å². The molecule has 2 rings (SSSR count). The molecule has 0 saturated carbocycles. The van der Waals surface area contributed by atoms with Gasteiger partial charge in [0.15, 0.2) is 0 Å². The minimum atomic E-state index is -0.596. The molecule has 1 atom stereocenters. The SMILES string of the molecule is CCC(C)Nc1ncnc(NNC(=O)c2ccccc2)c1[N+](=O)[O-]. The van der Waals surface area contributed by atoms with Gasteiger partial charge in [0.2, 0.25) is 11.6 Å². The van der Waals surface area contributed by atoms with Crippen molar-refractivity contribution in [2.45, 2.75) is 26.3 Å². The highest BCUT2D eigenvalue weighted by molar-refractivity contribution is 5.95. The molecule has 0 saturated heterocycles. The quantitative estimate of drug-likeness (QED) is 0.526. The molecule has 126 valence electrons. The molecule has 3 N–H and O–H groups in total. The van der Waals surface area contributed by atoms with Gasteiger partial charge in [0.05, 0.1) is 4.92 Å². The molecule has 0 radical (unpaired) electrons. The van der Waals surface area contributed by atoms with Crippen LogP contribution in [0.4, 0.5) is 17.3 Å². The number of carbonyl (C=O) groups excluding carboxylic acids is 1. The normalized spacial score (nSPS) is 11.4. The first-order valence-electron chi connectivity index (χ1n) is 7.40. The Morgan fingerprint density at radius 2 is 1.92 bits per heavy atom. The fraction of sp³-hybridized carbons (Fsp3) is 0.267. The molecule has 2 aromatic rings. The summed E-state index contributed by atoms with van der Waals surface area (Å²) in [6, 6.07) is 8.48. The van der Waals surface area contributed by atoms with E-state index >= 15 is 0 Å². The van der Waals surface area contributed by atoms with E-state index in [2.05, 4.69) is 26.1 Å². The first-order chi connectivity index (χ1) is 11.5. The van der Waals surface area contributed by atoms with Crippen LogP contribution < -0.4 is 16.2 Å². The van der Waals surface area contributed by atoms with Crippen LogP contribution in [0, 0.1) is 10.1 Å². The van der Waals surface area contributed by atoms with Crippen molar-refractivity contribution in [3.05, 3.63) is 52.3 Å². The molecule has 1 unspecified atom stereocenters. The molecule has 1 heterocycles. The summed E-state index contributed by atoms with van der Waals surface area (Å²) in [5.74, 6) is -0.425. The van der Waals surface area contributed by atoms with Gasteiger partial charge in [-0.2, -0.15) is 0 Å². The number of carbonyl (C=O) groups is 1. The molecule has 9 heteroatoms. The number of aromatic nitrogens is 2. The maximum Gasteiger partial charge on any atom is 0.354 e. The van der Waals surface area contributed by atoms with E-state index in [1.165, 1.54) is 6.33 Å². The number of rotatable bonds is 7. The molecular weight excluding hydrogens is 312 g/mol. The lowest BCUT2D eigenvalue weighted by Gasteiger charge is -2.14. The van der Waals surface area contributed by atoms with E-state index in [1.54, 1.807) is 30.3 Å². The Labute approximate surface area is 138 Å². The second kappa shape index (κ2) is 7.86. The minimum absolute atomic E-state index is 0.00496. The summed E-state index contributed by atoms with van der Waals surface area (Å²) in [7, 11) is 0. The standard InChI is InChI=1S/C15H18N6O3/c1-3-10(2)18-13-12(21(23)24)14(17-9-16-13)19-20-15(22)11-7-5-4-6-8-11/h4-10H,3H2,1-2H3,(H,20,22)(H2,16,17,18,19). The maximum atomic E-state index is 12.0. The van der Waals surface area contributed by atoms with Gasteiger partial charge in [-0.1, -0.05) is 25.1 Å². The highest BCUT2D eigenvalue weighted by atomic mass is 16.6. The summed E-state index contributed by atoms with van der Waals surface area (Å²) >= 11 is 0. The monoisotopic (exact) mass is 330 g/mol. The number of nitro groups is 1. The third kappa shape index (κ3) is 4.15. The van der Waals surface area contributed by atoms with Crippen LogP contribution in [0.3, 0.4) is 0 Å². The lowest BCUT2D eigenvalue weighted by Crippen LogP contribution is -2.30. The summed E-state index contributed by atoms with van der Waals surface area (Å²) in [5, 5.41) is 14.3. The summed E-state index contributed by atoms with van der Waals surface area (Å²) in [4.78, 5) is 30.5. The first kappa shape index (κ1) is 17.1. The molecule has 0 aliphatic rings. The molecule has 24 heavy (non-hydrogen) atoms. The van der Waals surface area contributed by atoms with Crippen molar-refractivity contribution in [1.29, 1.82) is 0 Å². The lowest BCUT2D eigenvalue weighted by molar-refractivity contribution is -0.383. The van der Waals surface area contributed by atoms with Gasteiger partial charge in [-0.15, -0.1) is 0 Å². The van der Waals surface area contributed by atoms with Gasteiger partial charge in [-0.3, -0.25) is 25.8 Å². The lowest BCUT2D eigenvalue weighted by atomic mass is 10.2. The van der Waals surface area contributed by atoms with Gasteiger partial charge >= 0.3 is 5.69 Å². The molecule has 0 spiro atoms. The number of hydrogen-bond donors (Lipinski definition) is 3. The average Bonchev–Trinajstić information content (AvgIpc) is 2.60. The number of hydrogen-bond acceptors (Lipinski definition) is 7. The van der Waals surface area contributed by atoms with E-state index in [-0.39, 0.29) is 23.4 Å². The van der Waals surface area contributed by atoms with Crippen LogP contribution in [-0.2, 0) is 0 Å². The van der Waals surface area contributed by atoms with Gasteiger partial charge < -0.3 is 5.32 Å². The highest BCUT2D eigenvalue weighted by Gasteiger charge is 2.24. The van der Waals surface area contributed by atoms with E-state index in [0.717, 1.165) is 6.42 Å². The summed E-state index contributed by atoms with van der Waals surface area (Å²) in [5.41, 5.74) is 4.97. The van der Waals surface area contributed by atoms with E-state index in [4.69, 9.17) is 0 Å². The van der Waals surface area contributed by atoms with Crippen molar-refractivity contribution in [3.8, 4) is 0 Å². The molecule has 1 amide bonds. The Morgan fingerprint density at radius 3 is 2.54 bits per heavy atom. The number of nitrogens with zero attached hydrogens (tertiary/aromatic N) is 3. The zero-order valence-electron chi connectivity index (χ0n) is 13.3. The van der Waals surface area contributed by atoms with Crippen molar-refractivity contribution in [2.75, 3.05) is 10.7 Å². The molecule has 0 aliphatic carbocycles. The Bertz CT molecular complexity index is 722. The number of hydrazine groups is 1. The summed E-state index contributed by atoms with van der Waals surface area (Å²) < 4.78 is 0. The average molecular weight is 330 g/mol. The molecule has 1 aromatic heterocycles. The Hall–Kier alpha value is -3.23. The fourth-order valence-electron chi connectivity index (χ4n) is 1.86. The highest BCUT2D eigenvalue weighted by Crippen LogP contribution is 2.29. The van der Waals surface area contributed by atoms with E-state index < -0.39 is 10.8 Å². The topological polar surface area (TPSA) is 122 Å². The van der Waals surface area contributed by atoms with Crippen LogP contribution in [-0.4, -0.2) is 26.8 Å². The Kier molecular flexibility index (Phi) is 5.61. The summed E-state index contributed by atoms with van der Waals surface area (Å²) in [6.07, 6.45) is 1.96. The largest absolute Gasteiger partial charge is 0.362 e.